The van der Waals surface area contributed by atoms with Gasteiger partial charge in [0.1, 0.15) is 0 Å². The Morgan fingerprint density at radius 3 is 1.55 bits per heavy atom. The van der Waals surface area contributed by atoms with Crippen LogP contribution < -0.4 is 0 Å². The van der Waals surface area contributed by atoms with Gasteiger partial charge in [0.15, 0.2) is 0 Å². The van der Waals surface area contributed by atoms with Crippen molar-refractivity contribution in [2.45, 2.75) is 6.92 Å². The molecule has 0 fully saturated rings. The average Bonchev–Trinajstić information content (AvgIpc) is 2.42. The predicted octanol–water partition coefficient (Wildman–Crippen LogP) is 6.85. The third kappa shape index (κ3) is 1.50. The first-order chi connectivity index (χ1) is 9.58. The van der Waals surface area contributed by atoms with Crippen LogP contribution in [0.15, 0.2) is 36.4 Å². The standard InChI is InChI=1S/C17H9Cl3/c1-8-6-13(18)10-4-5-12-15(20)7-14(19)11-3-2-9(8)16(10)17(11)12/h2-7H,1H3. The SMILES string of the molecule is Cc1cc(Cl)c2ccc3c(Cl)cc(Cl)c4ccc1c2c43. The van der Waals surface area contributed by atoms with E-state index in [4.69, 9.17) is 34.8 Å². The number of hydrogen-bond donors (Lipinski definition) is 0. The van der Waals surface area contributed by atoms with Gasteiger partial charge in [0.2, 0.25) is 0 Å². The predicted molar refractivity (Wildman–Crippen MR) is 89.9 cm³/mol. The average molecular weight is 320 g/mol. The van der Waals surface area contributed by atoms with Gasteiger partial charge in [-0.15, -0.1) is 0 Å². The van der Waals surface area contributed by atoms with Gasteiger partial charge in [0.25, 0.3) is 0 Å². The third-order valence-corrected chi connectivity index (χ3v) is 4.89. The van der Waals surface area contributed by atoms with Gasteiger partial charge in [-0.05, 0) is 35.4 Å². The van der Waals surface area contributed by atoms with Crippen molar-refractivity contribution in [2.24, 2.45) is 0 Å². The van der Waals surface area contributed by atoms with Crippen LogP contribution in [-0.2, 0) is 0 Å². The molecule has 0 bridgehead atoms. The molecule has 0 aliphatic carbocycles. The van der Waals surface area contributed by atoms with Crippen molar-refractivity contribution in [2.75, 3.05) is 0 Å². The van der Waals surface area contributed by atoms with E-state index < -0.39 is 0 Å². The fourth-order valence-electron chi connectivity index (χ4n) is 3.03. The second kappa shape index (κ2) is 4.14. The lowest BCUT2D eigenvalue weighted by Crippen LogP contribution is -1.88. The van der Waals surface area contributed by atoms with Crippen LogP contribution in [0.3, 0.4) is 0 Å². The molecule has 0 aromatic heterocycles. The highest BCUT2D eigenvalue weighted by Gasteiger charge is 2.15. The van der Waals surface area contributed by atoms with E-state index in [0.717, 1.165) is 37.5 Å². The lowest BCUT2D eigenvalue weighted by Gasteiger charge is -2.15. The highest BCUT2D eigenvalue weighted by molar-refractivity contribution is 6.45. The summed E-state index contributed by atoms with van der Waals surface area (Å²) < 4.78 is 0. The highest BCUT2D eigenvalue weighted by atomic mass is 35.5. The summed E-state index contributed by atoms with van der Waals surface area (Å²) in [5.74, 6) is 0. The van der Waals surface area contributed by atoms with Crippen molar-refractivity contribution in [1.82, 2.24) is 0 Å². The fraction of sp³-hybridized carbons (Fsp3) is 0.0588. The van der Waals surface area contributed by atoms with E-state index in [-0.39, 0.29) is 0 Å². The third-order valence-electron chi connectivity index (χ3n) is 3.95. The Morgan fingerprint density at radius 2 is 1.00 bits per heavy atom. The molecular weight excluding hydrogens is 311 g/mol. The van der Waals surface area contributed by atoms with Crippen LogP contribution in [0.1, 0.15) is 5.56 Å². The number of benzene rings is 4. The fourth-order valence-corrected chi connectivity index (χ4v) is 3.94. The van der Waals surface area contributed by atoms with Crippen LogP contribution in [0.4, 0.5) is 0 Å². The summed E-state index contributed by atoms with van der Waals surface area (Å²) in [7, 11) is 0. The number of halogens is 3. The summed E-state index contributed by atoms with van der Waals surface area (Å²) in [4.78, 5) is 0. The van der Waals surface area contributed by atoms with E-state index in [9.17, 15) is 0 Å². The second-order valence-corrected chi connectivity index (χ2v) is 6.31. The Labute approximate surface area is 131 Å². The lowest BCUT2D eigenvalue weighted by molar-refractivity contribution is 1.55. The zero-order chi connectivity index (χ0) is 14.0. The molecule has 0 spiro atoms. The molecule has 20 heavy (non-hydrogen) atoms. The molecule has 0 heterocycles. The molecule has 0 aliphatic heterocycles. The van der Waals surface area contributed by atoms with E-state index in [1.165, 1.54) is 5.39 Å². The minimum Gasteiger partial charge on any atom is -0.0837 e. The van der Waals surface area contributed by atoms with Crippen molar-refractivity contribution in [3.63, 3.8) is 0 Å². The zero-order valence-electron chi connectivity index (χ0n) is 10.6. The topological polar surface area (TPSA) is 0 Å². The maximum atomic E-state index is 6.40. The zero-order valence-corrected chi connectivity index (χ0v) is 12.9. The second-order valence-electron chi connectivity index (χ2n) is 5.09. The largest absolute Gasteiger partial charge is 0.0837 e. The van der Waals surface area contributed by atoms with Crippen molar-refractivity contribution in [1.29, 1.82) is 0 Å². The number of aryl methyl sites for hydroxylation is 1. The maximum Gasteiger partial charge on any atom is 0.0499 e. The van der Waals surface area contributed by atoms with Gasteiger partial charge in [0.05, 0.1) is 0 Å². The smallest absolute Gasteiger partial charge is 0.0499 e. The summed E-state index contributed by atoms with van der Waals surface area (Å²) in [5.41, 5.74) is 1.16. The van der Waals surface area contributed by atoms with Crippen molar-refractivity contribution >= 4 is 67.1 Å². The molecule has 0 unspecified atom stereocenters. The Hall–Kier alpha value is -1.21. The van der Waals surface area contributed by atoms with Crippen LogP contribution in [0, 0.1) is 6.92 Å². The summed E-state index contributed by atoms with van der Waals surface area (Å²) in [5, 5.41) is 8.64. The van der Waals surface area contributed by atoms with E-state index in [0.29, 0.717) is 10.0 Å². The molecule has 0 atom stereocenters. The van der Waals surface area contributed by atoms with E-state index >= 15 is 0 Å². The molecule has 98 valence electrons. The summed E-state index contributed by atoms with van der Waals surface area (Å²) in [6.45, 7) is 2.07. The van der Waals surface area contributed by atoms with Crippen LogP contribution in [-0.4, -0.2) is 0 Å². The van der Waals surface area contributed by atoms with Gasteiger partial charge in [-0.25, -0.2) is 0 Å². The van der Waals surface area contributed by atoms with Gasteiger partial charge in [-0.3, -0.25) is 0 Å². The van der Waals surface area contributed by atoms with Gasteiger partial charge in [0, 0.05) is 36.6 Å². The first-order valence-electron chi connectivity index (χ1n) is 6.29. The highest BCUT2D eigenvalue weighted by Crippen LogP contribution is 2.43. The van der Waals surface area contributed by atoms with Crippen molar-refractivity contribution in [3.8, 4) is 0 Å². The molecule has 0 saturated carbocycles. The van der Waals surface area contributed by atoms with Gasteiger partial charge >= 0.3 is 0 Å². The molecule has 0 nitrogen and oxygen atoms in total. The molecular formula is C17H9Cl3. The molecule has 3 heteroatoms. The monoisotopic (exact) mass is 318 g/mol. The Bertz CT molecular complexity index is 832. The van der Waals surface area contributed by atoms with E-state index in [2.05, 4.69) is 19.1 Å². The normalized spacial score (nSPS) is 12.0. The van der Waals surface area contributed by atoms with Crippen LogP contribution in [0.5, 0.6) is 0 Å². The molecule has 4 aromatic rings. The van der Waals surface area contributed by atoms with Crippen molar-refractivity contribution < 1.29 is 0 Å². The van der Waals surface area contributed by atoms with Crippen LogP contribution in [0.2, 0.25) is 15.1 Å². The Morgan fingerprint density at radius 1 is 0.600 bits per heavy atom. The van der Waals surface area contributed by atoms with E-state index in [1.54, 1.807) is 6.07 Å². The molecule has 4 aromatic carbocycles. The molecule has 0 aliphatic rings. The summed E-state index contributed by atoms with van der Waals surface area (Å²) >= 11 is 19.1. The molecule has 4 rings (SSSR count). The first kappa shape index (κ1) is 12.5. The van der Waals surface area contributed by atoms with Crippen molar-refractivity contribution in [3.05, 3.63) is 57.0 Å². The minimum absolute atomic E-state index is 0.675. The lowest BCUT2D eigenvalue weighted by atomic mass is 9.92. The van der Waals surface area contributed by atoms with Gasteiger partial charge in [-0.1, -0.05) is 59.1 Å². The van der Waals surface area contributed by atoms with Gasteiger partial charge in [-0.2, -0.15) is 0 Å². The maximum absolute atomic E-state index is 6.40. The Kier molecular flexibility index (Phi) is 2.59. The molecule has 0 N–H and O–H groups in total. The summed E-state index contributed by atoms with van der Waals surface area (Å²) in [6.07, 6.45) is 0. The van der Waals surface area contributed by atoms with Gasteiger partial charge < -0.3 is 0 Å². The van der Waals surface area contributed by atoms with Crippen LogP contribution >= 0.6 is 34.8 Å². The number of rotatable bonds is 0. The quantitative estimate of drug-likeness (QED) is 0.311. The number of hydrogen-bond acceptors (Lipinski definition) is 0. The molecule has 0 saturated heterocycles. The minimum atomic E-state index is 0.675. The Balaban J connectivity index is 2.47. The first-order valence-corrected chi connectivity index (χ1v) is 7.43. The molecule has 0 amide bonds. The molecule has 0 radical (unpaired) electrons. The summed E-state index contributed by atoms with van der Waals surface area (Å²) in [6, 6.07) is 12.0. The van der Waals surface area contributed by atoms with Crippen LogP contribution in [0.25, 0.3) is 32.3 Å². The van der Waals surface area contributed by atoms with E-state index in [1.807, 2.05) is 18.2 Å².